The molecule has 3 nitrogen and oxygen atoms in total. The summed E-state index contributed by atoms with van der Waals surface area (Å²) in [6.45, 7) is 10.6. The van der Waals surface area contributed by atoms with Crippen LogP contribution in [0.2, 0.25) is 0 Å². The Kier molecular flexibility index (Phi) is 3.38. The Morgan fingerprint density at radius 1 is 1.04 bits per heavy atom. The van der Waals surface area contributed by atoms with Crippen molar-refractivity contribution >= 4 is 28.1 Å². The van der Waals surface area contributed by atoms with Gasteiger partial charge in [-0.2, -0.15) is 0 Å². The lowest BCUT2D eigenvalue weighted by molar-refractivity contribution is 0.305. The summed E-state index contributed by atoms with van der Waals surface area (Å²) in [6.07, 6.45) is 0. The van der Waals surface area contributed by atoms with E-state index in [0.717, 1.165) is 16.3 Å². The van der Waals surface area contributed by atoms with E-state index in [-0.39, 0.29) is 16.8 Å². The van der Waals surface area contributed by atoms with Crippen LogP contribution in [0.3, 0.4) is 0 Å². The molecule has 1 aliphatic rings. The number of fused-ring (bicyclic) bond motifs is 2. The minimum Gasteiger partial charge on any atom is -0.275 e. The molecule has 1 aromatic carbocycles. The highest BCUT2D eigenvalue weighted by atomic mass is 32.1. The zero-order valence-corrected chi connectivity index (χ0v) is 15.8. The van der Waals surface area contributed by atoms with E-state index in [1.807, 2.05) is 6.92 Å². The van der Waals surface area contributed by atoms with E-state index >= 15 is 0 Å². The number of para-hydroxylation sites is 1. The highest BCUT2D eigenvalue weighted by molar-refractivity contribution is 7.12. The molecule has 128 valence electrons. The van der Waals surface area contributed by atoms with Crippen LogP contribution in [0.1, 0.15) is 49.5 Å². The van der Waals surface area contributed by atoms with Crippen LogP contribution in [0.25, 0.3) is 11.0 Å². The Labute approximate surface area is 150 Å². The normalized spacial score (nSPS) is 18.1. The molecule has 0 bridgehead atoms. The van der Waals surface area contributed by atoms with Crippen molar-refractivity contribution < 1.29 is 4.39 Å². The SMILES string of the molecule is Cc1nc2c(F)cccc2nc1C1=NC(C)(C)C(C)(C)c2ccsc21. The molecule has 0 unspecified atom stereocenters. The monoisotopic (exact) mass is 353 g/mol. The van der Waals surface area contributed by atoms with Gasteiger partial charge in [-0.15, -0.1) is 11.3 Å². The van der Waals surface area contributed by atoms with Gasteiger partial charge in [-0.1, -0.05) is 19.9 Å². The fourth-order valence-electron chi connectivity index (χ4n) is 3.30. The predicted molar refractivity (Wildman–Crippen MR) is 101 cm³/mol. The van der Waals surface area contributed by atoms with Crippen molar-refractivity contribution in [2.45, 2.75) is 45.6 Å². The van der Waals surface area contributed by atoms with Crippen molar-refractivity contribution in [3.05, 3.63) is 57.3 Å². The second-order valence-corrected chi connectivity index (χ2v) is 8.49. The number of rotatable bonds is 1. The average molecular weight is 353 g/mol. The maximum atomic E-state index is 14.0. The van der Waals surface area contributed by atoms with Crippen molar-refractivity contribution in [1.29, 1.82) is 0 Å². The van der Waals surface area contributed by atoms with Crippen LogP contribution in [0.4, 0.5) is 4.39 Å². The molecule has 0 atom stereocenters. The molecule has 1 aliphatic heterocycles. The van der Waals surface area contributed by atoms with Crippen LogP contribution in [-0.4, -0.2) is 21.2 Å². The number of benzene rings is 1. The lowest BCUT2D eigenvalue weighted by Gasteiger charge is -2.43. The second-order valence-electron chi connectivity index (χ2n) is 7.57. The molecule has 0 saturated carbocycles. The van der Waals surface area contributed by atoms with Crippen LogP contribution < -0.4 is 0 Å². The summed E-state index contributed by atoms with van der Waals surface area (Å²) in [4.78, 5) is 15.4. The molecule has 2 aromatic heterocycles. The fraction of sp³-hybridized carbons (Fsp3) is 0.350. The third-order valence-corrected chi connectivity index (χ3v) is 6.44. The van der Waals surface area contributed by atoms with Crippen LogP contribution in [0.15, 0.2) is 34.6 Å². The van der Waals surface area contributed by atoms with E-state index in [4.69, 9.17) is 9.98 Å². The first-order valence-electron chi connectivity index (χ1n) is 8.34. The van der Waals surface area contributed by atoms with Gasteiger partial charge in [0, 0.05) is 5.41 Å². The van der Waals surface area contributed by atoms with Crippen molar-refractivity contribution in [3.8, 4) is 0 Å². The molecule has 0 N–H and O–H groups in total. The first-order chi connectivity index (χ1) is 11.7. The number of aromatic nitrogens is 2. The number of thiophene rings is 1. The van der Waals surface area contributed by atoms with Gasteiger partial charge in [0.1, 0.15) is 16.9 Å². The topological polar surface area (TPSA) is 38.1 Å². The lowest BCUT2D eigenvalue weighted by Crippen LogP contribution is -2.45. The van der Waals surface area contributed by atoms with Gasteiger partial charge in [0.15, 0.2) is 5.82 Å². The average Bonchev–Trinajstić information content (AvgIpc) is 3.03. The van der Waals surface area contributed by atoms with E-state index in [0.29, 0.717) is 16.7 Å². The zero-order valence-electron chi connectivity index (χ0n) is 15.0. The van der Waals surface area contributed by atoms with E-state index in [1.54, 1.807) is 23.5 Å². The largest absolute Gasteiger partial charge is 0.275 e. The molecular formula is C20H20FN3S. The summed E-state index contributed by atoms with van der Waals surface area (Å²) in [5, 5.41) is 2.10. The number of aliphatic imine (C=N–C) groups is 1. The number of hydrogen-bond donors (Lipinski definition) is 0. The first-order valence-corrected chi connectivity index (χ1v) is 9.22. The molecule has 0 amide bonds. The fourth-order valence-corrected chi connectivity index (χ4v) is 4.34. The van der Waals surface area contributed by atoms with Crippen molar-refractivity contribution in [1.82, 2.24) is 9.97 Å². The van der Waals surface area contributed by atoms with E-state index in [1.165, 1.54) is 11.6 Å². The van der Waals surface area contributed by atoms with Gasteiger partial charge in [-0.05, 0) is 49.9 Å². The van der Waals surface area contributed by atoms with Gasteiger partial charge in [0.05, 0.1) is 21.6 Å². The summed E-state index contributed by atoms with van der Waals surface area (Å²) in [5.41, 5.74) is 4.11. The Morgan fingerprint density at radius 2 is 1.80 bits per heavy atom. The quantitative estimate of drug-likeness (QED) is 0.614. The molecule has 0 saturated heterocycles. The maximum absolute atomic E-state index is 14.0. The molecule has 5 heteroatoms. The van der Waals surface area contributed by atoms with Crippen molar-refractivity contribution in [2.24, 2.45) is 4.99 Å². The van der Waals surface area contributed by atoms with E-state index in [9.17, 15) is 4.39 Å². The maximum Gasteiger partial charge on any atom is 0.151 e. The van der Waals surface area contributed by atoms with Crippen LogP contribution >= 0.6 is 11.3 Å². The Bertz CT molecular complexity index is 1030. The van der Waals surface area contributed by atoms with Gasteiger partial charge >= 0.3 is 0 Å². The molecule has 3 heterocycles. The molecule has 25 heavy (non-hydrogen) atoms. The molecule has 3 aromatic rings. The third-order valence-electron chi connectivity index (χ3n) is 5.52. The van der Waals surface area contributed by atoms with Gasteiger partial charge in [-0.3, -0.25) is 4.99 Å². The lowest BCUT2D eigenvalue weighted by atomic mass is 9.68. The Hall–Kier alpha value is -2.14. The third kappa shape index (κ3) is 2.25. The summed E-state index contributed by atoms with van der Waals surface area (Å²) < 4.78 is 14.0. The molecule has 0 radical (unpaired) electrons. The summed E-state index contributed by atoms with van der Waals surface area (Å²) in [7, 11) is 0. The van der Waals surface area contributed by atoms with Gasteiger partial charge in [0.25, 0.3) is 0 Å². The van der Waals surface area contributed by atoms with Crippen molar-refractivity contribution in [3.63, 3.8) is 0 Å². The second kappa shape index (κ2) is 5.18. The zero-order chi connectivity index (χ0) is 18.0. The Morgan fingerprint density at radius 3 is 2.56 bits per heavy atom. The van der Waals surface area contributed by atoms with E-state index in [2.05, 4.69) is 44.1 Å². The number of aryl methyl sites for hydroxylation is 1. The van der Waals surface area contributed by atoms with Crippen LogP contribution in [-0.2, 0) is 5.41 Å². The van der Waals surface area contributed by atoms with Crippen LogP contribution in [0, 0.1) is 12.7 Å². The number of nitrogens with zero attached hydrogens (tertiary/aromatic N) is 3. The van der Waals surface area contributed by atoms with Crippen LogP contribution in [0.5, 0.6) is 0 Å². The molecular weight excluding hydrogens is 333 g/mol. The minimum atomic E-state index is -0.344. The van der Waals surface area contributed by atoms with E-state index < -0.39 is 0 Å². The molecule has 0 fully saturated rings. The molecule has 4 rings (SSSR count). The van der Waals surface area contributed by atoms with Gasteiger partial charge in [0.2, 0.25) is 0 Å². The summed E-state index contributed by atoms with van der Waals surface area (Å²) in [6, 6.07) is 7.05. The summed E-state index contributed by atoms with van der Waals surface area (Å²) >= 11 is 1.68. The predicted octanol–water partition coefficient (Wildman–Crippen LogP) is 5.05. The number of hydrogen-bond acceptors (Lipinski definition) is 4. The highest BCUT2D eigenvalue weighted by Crippen LogP contribution is 2.45. The smallest absolute Gasteiger partial charge is 0.151 e. The van der Waals surface area contributed by atoms with Gasteiger partial charge in [-0.25, -0.2) is 14.4 Å². The van der Waals surface area contributed by atoms with Crippen molar-refractivity contribution in [2.75, 3.05) is 0 Å². The standard InChI is InChI=1S/C20H20FN3S/c1-11-15(23-14-8-6-7-13(21)16(14)22-11)17-18-12(9-10-25-18)19(2,3)20(4,5)24-17/h6-10H,1-5H3. The van der Waals surface area contributed by atoms with Gasteiger partial charge < -0.3 is 0 Å². The number of halogens is 1. The minimum absolute atomic E-state index is 0.0733. The molecule has 0 aliphatic carbocycles. The molecule has 0 spiro atoms. The first kappa shape index (κ1) is 16.3. The summed E-state index contributed by atoms with van der Waals surface area (Å²) in [5.74, 6) is -0.344. The highest BCUT2D eigenvalue weighted by Gasteiger charge is 2.45. The Balaban J connectivity index is 2.01.